The molecule has 193 valence electrons. The molecule has 38 heavy (non-hydrogen) atoms. The predicted molar refractivity (Wildman–Crippen MR) is 157 cm³/mol. The molecule has 0 aliphatic rings. The van der Waals surface area contributed by atoms with Gasteiger partial charge in [-0.1, -0.05) is 68.1 Å². The van der Waals surface area contributed by atoms with Gasteiger partial charge in [-0.25, -0.2) is 0 Å². The average molecular weight is 691 g/mol. The minimum atomic E-state index is -1.56. The Kier molecular flexibility index (Phi) is 8.42. The van der Waals surface area contributed by atoms with E-state index in [0.29, 0.717) is 5.71 Å². The van der Waals surface area contributed by atoms with Gasteiger partial charge in [0.15, 0.2) is 0 Å². The molecule has 0 bridgehead atoms. The van der Waals surface area contributed by atoms with E-state index >= 15 is 0 Å². The number of nitrogens with zero attached hydrogens (tertiary/aromatic N) is 2. The van der Waals surface area contributed by atoms with E-state index in [4.69, 9.17) is 9.40 Å². The summed E-state index contributed by atoms with van der Waals surface area (Å²) >= 11 is 0. The third-order valence-corrected chi connectivity index (χ3v) is 8.30. The van der Waals surface area contributed by atoms with E-state index in [0.717, 1.165) is 38.9 Å². The van der Waals surface area contributed by atoms with Crippen molar-refractivity contribution in [1.29, 1.82) is 0 Å². The van der Waals surface area contributed by atoms with Gasteiger partial charge in [0.05, 0.1) is 8.07 Å². The minimum Gasteiger partial charge on any atom is -0.439 e. The summed E-state index contributed by atoms with van der Waals surface area (Å²) in [5.74, 6) is 0. The van der Waals surface area contributed by atoms with Gasteiger partial charge < -0.3 is 9.40 Å². The second kappa shape index (κ2) is 11.6. The van der Waals surface area contributed by atoms with E-state index in [-0.39, 0.29) is 20.1 Å². The molecule has 0 atom stereocenters. The van der Waals surface area contributed by atoms with Gasteiger partial charge in [-0.05, 0) is 29.9 Å². The van der Waals surface area contributed by atoms with Crippen molar-refractivity contribution >= 4 is 35.3 Å². The predicted octanol–water partition coefficient (Wildman–Crippen LogP) is 8.16. The molecule has 0 fully saturated rings. The first-order valence-corrected chi connectivity index (χ1v) is 16.0. The number of aromatic nitrogens is 2. The average Bonchev–Trinajstić information content (AvgIpc) is 3.27. The Labute approximate surface area is 239 Å². The second-order valence-electron chi connectivity index (χ2n) is 10.4. The number of aryl methyl sites for hydroxylation is 2. The van der Waals surface area contributed by atoms with Crippen LogP contribution in [-0.4, -0.2) is 18.0 Å². The SMILES string of the molecule is C[Si](C)(C)c1cc2c(nc1-c1[c-]cccc1)oc1ccccc12.Cc1c[c-]c(-c2ccc(C)cn2)cc1.[Ir]. The fourth-order valence-corrected chi connectivity index (χ4v) is 5.73. The summed E-state index contributed by atoms with van der Waals surface area (Å²) in [6, 6.07) is 35.2. The summed E-state index contributed by atoms with van der Waals surface area (Å²) in [6.45, 7) is 11.2. The summed E-state index contributed by atoms with van der Waals surface area (Å²) in [5, 5.41) is 3.59. The third-order valence-electron chi connectivity index (χ3n) is 6.30. The van der Waals surface area contributed by atoms with Crippen molar-refractivity contribution in [1.82, 2.24) is 9.97 Å². The van der Waals surface area contributed by atoms with Gasteiger partial charge in [0.1, 0.15) is 5.58 Å². The standard InChI is InChI=1S/C20H18NOSi.C13H12N.Ir/c1-23(2,3)18-13-16-15-11-7-8-12-17(15)22-20(16)21-19(18)14-9-5-4-6-10-14;1-10-3-6-12(7-4-10)13-8-5-11(2)9-14-13;/h4-9,11-13H,1-3H3;3-6,8-9H,1-2H3;/q2*-1;. The molecule has 3 aromatic carbocycles. The molecule has 3 heterocycles. The quantitative estimate of drug-likeness (QED) is 0.139. The molecule has 0 unspecified atom stereocenters. The Hall–Kier alpha value is -3.37. The zero-order chi connectivity index (χ0) is 26.0. The maximum Gasteiger partial charge on any atom is 0.218 e. The first-order chi connectivity index (χ1) is 17.8. The first kappa shape index (κ1) is 27.7. The Balaban J connectivity index is 0.000000193. The van der Waals surface area contributed by atoms with Crippen LogP contribution in [0.3, 0.4) is 0 Å². The van der Waals surface area contributed by atoms with Crippen LogP contribution < -0.4 is 5.19 Å². The summed E-state index contributed by atoms with van der Waals surface area (Å²) in [5.41, 5.74) is 8.09. The summed E-state index contributed by atoms with van der Waals surface area (Å²) < 4.78 is 5.97. The van der Waals surface area contributed by atoms with E-state index in [1.807, 2.05) is 67.7 Å². The molecule has 0 amide bonds. The maximum absolute atomic E-state index is 5.97. The molecule has 3 nitrogen and oxygen atoms in total. The summed E-state index contributed by atoms with van der Waals surface area (Å²) in [6.07, 6.45) is 1.88. The first-order valence-electron chi connectivity index (χ1n) is 12.5. The van der Waals surface area contributed by atoms with Crippen molar-refractivity contribution in [2.45, 2.75) is 33.5 Å². The van der Waals surface area contributed by atoms with E-state index in [1.54, 1.807) is 0 Å². The van der Waals surface area contributed by atoms with Crippen LogP contribution in [0.25, 0.3) is 44.6 Å². The van der Waals surface area contributed by atoms with Gasteiger partial charge in [0, 0.05) is 37.1 Å². The van der Waals surface area contributed by atoms with Gasteiger partial charge in [-0.2, -0.15) is 0 Å². The van der Waals surface area contributed by atoms with Crippen molar-refractivity contribution in [3.8, 4) is 22.5 Å². The number of benzene rings is 3. The summed E-state index contributed by atoms with van der Waals surface area (Å²) in [4.78, 5) is 9.23. The number of rotatable bonds is 3. The van der Waals surface area contributed by atoms with Gasteiger partial charge >= 0.3 is 0 Å². The minimum absolute atomic E-state index is 0. The van der Waals surface area contributed by atoms with Gasteiger partial charge in [0.2, 0.25) is 5.71 Å². The topological polar surface area (TPSA) is 38.9 Å². The van der Waals surface area contributed by atoms with E-state index < -0.39 is 8.07 Å². The smallest absolute Gasteiger partial charge is 0.218 e. The second-order valence-corrected chi connectivity index (χ2v) is 15.4. The molecular formula is C33H30IrN2OSi-2. The number of fused-ring (bicyclic) bond motifs is 3. The van der Waals surface area contributed by atoms with Crippen molar-refractivity contribution in [2.75, 3.05) is 0 Å². The molecule has 0 spiro atoms. The van der Waals surface area contributed by atoms with Crippen LogP contribution >= 0.6 is 0 Å². The number of para-hydroxylation sites is 1. The maximum atomic E-state index is 5.97. The molecule has 5 heteroatoms. The number of pyridine rings is 2. The normalized spacial score (nSPS) is 11.1. The molecule has 0 aliphatic carbocycles. The van der Waals surface area contributed by atoms with Crippen LogP contribution in [0.1, 0.15) is 11.1 Å². The Morgan fingerprint density at radius 3 is 2.18 bits per heavy atom. The molecule has 6 aromatic rings. The van der Waals surface area contributed by atoms with E-state index in [1.165, 1.54) is 16.3 Å². The van der Waals surface area contributed by atoms with Crippen LogP contribution in [0.15, 0.2) is 95.5 Å². The third kappa shape index (κ3) is 6.02. The largest absolute Gasteiger partial charge is 0.439 e. The molecule has 0 N–H and O–H groups in total. The number of hydrogen-bond donors (Lipinski definition) is 0. The molecular weight excluding hydrogens is 661 g/mol. The van der Waals surface area contributed by atoms with Gasteiger partial charge in [-0.15, -0.1) is 71.3 Å². The Bertz CT molecular complexity index is 1610. The zero-order valence-corrected chi connectivity index (χ0v) is 25.7. The van der Waals surface area contributed by atoms with Crippen molar-refractivity contribution < 1.29 is 24.5 Å². The fraction of sp³-hybridized carbons (Fsp3) is 0.152. The summed E-state index contributed by atoms with van der Waals surface area (Å²) in [7, 11) is -1.56. The van der Waals surface area contributed by atoms with Crippen molar-refractivity contribution in [3.05, 3.63) is 114 Å². The van der Waals surface area contributed by atoms with Crippen LogP contribution in [0.5, 0.6) is 0 Å². The van der Waals surface area contributed by atoms with Crippen molar-refractivity contribution in [3.63, 3.8) is 0 Å². The molecule has 3 aromatic heterocycles. The van der Waals surface area contributed by atoms with Crippen molar-refractivity contribution in [2.24, 2.45) is 0 Å². The molecule has 0 saturated carbocycles. The van der Waals surface area contributed by atoms with E-state index in [2.05, 4.69) is 74.0 Å². The monoisotopic (exact) mass is 691 g/mol. The van der Waals surface area contributed by atoms with Crippen LogP contribution in [0, 0.1) is 26.0 Å². The van der Waals surface area contributed by atoms with Crippen LogP contribution in [0.2, 0.25) is 19.6 Å². The van der Waals surface area contributed by atoms with Crippen LogP contribution in [-0.2, 0) is 20.1 Å². The molecule has 0 aliphatic heterocycles. The molecule has 6 rings (SSSR count). The Morgan fingerprint density at radius 2 is 1.53 bits per heavy atom. The number of hydrogen-bond acceptors (Lipinski definition) is 3. The Morgan fingerprint density at radius 1 is 0.763 bits per heavy atom. The number of furan rings is 1. The fourth-order valence-electron chi connectivity index (χ4n) is 4.26. The van der Waals surface area contributed by atoms with Crippen LogP contribution in [0.4, 0.5) is 0 Å². The van der Waals surface area contributed by atoms with Gasteiger partial charge in [0.25, 0.3) is 0 Å². The molecule has 0 saturated heterocycles. The van der Waals surface area contributed by atoms with Gasteiger partial charge in [-0.3, -0.25) is 4.98 Å². The molecule has 1 radical (unpaired) electrons. The van der Waals surface area contributed by atoms with E-state index in [9.17, 15) is 0 Å². The zero-order valence-electron chi connectivity index (χ0n) is 22.3.